The molecule has 3 fully saturated rings. The van der Waals surface area contributed by atoms with E-state index in [0.29, 0.717) is 31.1 Å². The summed E-state index contributed by atoms with van der Waals surface area (Å²) in [5, 5.41) is 8.88. The molecular formula is C21H25N5O4. The van der Waals surface area contributed by atoms with Crippen molar-refractivity contribution < 1.29 is 19.2 Å². The zero-order valence-electron chi connectivity index (χ0n) is 16.6. The van der Waals surface area contributed by atoms with E-state index in [1.807, 2.05) is 17.0 Å². The van der Waals surface area contributed by atoms with Gasteiger partial charge in [0.1, 0.15) is 6.04 Å². The Morgan fingerprint density at radius 3 is 2.63 bits per heavy atom. The number of carbonyl (C=O) groups is 4. The third-order valence-corrected chi connectivity index (χ3v) is 6.58. The predicted molar refractivity (Wildman–Crippen MR) is 106 cm³/mol. The average molecular weight is 411 g/mol. The summed E-state index contributed by atoms with van der Waals surface area (Å²) >= 11 is 0. The smallest absolute Gasteiger partial charge is 0.255 e. The average Bonchev–Trinajstić information content (AvgIpc) is 3.19. The third kappa shape index (κ3) is 3.27. The van der Waals surface area contributed by atoms with E-state index in [4.69, 9.17) is 0 Å². The Labute approximate surface area is 174 Å². The summed E-state index contributed by atoms with van der Waals surface area (Å²) in [4.78, 5) is 52.4. The first-order valence-electron chi connectivity index (χ1n) is 10.5. The van der Waals surface area contributed by atoms with E-state index in [-0.39, 0.29) is 30.2 Å². The highest BCUT2D eigenvalue weighted by Gasteiger charge is 2.40. The van der Waals surface area contributed by atoms with Gasteiger partial charge in [-0.3, -0.25) is 24.5 Å². The summed E-state index contributed by atoms with van der Waals surface area (Å²) in [6.07, 6.45) is 1.41. The number of imide groups is 1. The van der Waals surface area contributed by atoms with Crippen molar-refractivity contribution in [2.24, 2.45) is 0 Å². The minimum atomic E-state index is -0.604. The lowest BCUT2D eigenvalue weighted by Gasteiger charge is -2.35. The molecule has 4 aliphatic rings. The number of amides is 4. The lowest BCUT2D eigenvalue weighted by Crippen LogP contribution is -2.58. The topological polar surface area (TPSA) is 111 Å². The molecule has 1 aromatic rings. The van der Waals surface area contributed by atoms with Gasteiger partial charge < -0.3 is 20.4 Å². The Morgan fingerprint density at radius 1 is 1.07 bits per heavy atom. The highest BCUT2D eigenvalue weighted by molar-refractivity contribution is 6.05. The summed E-state index contributed by atoms with van der Waals surface area (Å²) in [5.41, 5.74) is 2.48. The highest BCUT2D eigenvalue weighted by Crippen LogP contribution is 2.28. The fourth-order valence-corrected chi connectivity index (χ4v) is 4.73. The summed E-state index contributed by atoms with van der Waals surface area (Å²) in [6.45, 7) is 3.45. The number of carbonyl (C=O) groups excluding carboxylic acids is 4. The molecule has 0 radical (unpaired) electrons. The predicted octanol–water partition coefficient (Wildman–Crippen LogP) is -0.890. The van der Waals surface area contributed by atoms with Gasteiger partial charge >= 0.3 is 0 Å². The van der Waals surface area contributed by atoms with E-state index >= 15 is 0 Å². The number of rotatable bonds is 5. The molecule has 4 heterocycles. The van der Waals surface area contributed by atoms with E-state index in [1.54, 1.807) is 11.0 Å². The number of nitrogens with zero attached hydrogens (tertiary/aromatic N) is 2. The van der Waals surface area contributed by atoms with E-state index in [1.165, 1.54) is 0 Å². The largest absolute Gasteiger partial charge is 0.336 e. The number of hydrogen-bond acceptors (Lipinski definition) is 6. The molecule has 4 aliphatic heterocycles. The van der Waals surface area contributed by atoms with Gasteiger partial charge in [-0.15, -0.1) is 0 Å². The van der Waals surface area contributed by atoms with Crippen LogP contribution in [0.15, 0.2) is 18.2 Å². The molecule has 9 heteroatoms. The number of nitrogens with one attached hydrogen (secondary N) is 3. The van der Waals surface area contributed by atoms with Crippen molar-refractivity contribution in [1.29, 1.82) is 0 Å². The summed E-state index contributed by atoms with van der Waals surface area (Å²) in [6, 6.07) is 5.22. The summed E-state index contributed by atoms with van der Waals surface area (Å²) < 4.78 is 0. The monoisotopic (exact) mass is 411 g/mol. The van der Waals surface area contributed by atoms with Crippen molar-refractivity contribution in [1.82, 2.24) is 25.8 Å². The van der Waals surface area contributed by atoms with Gasteiger partial charge in [-0.25, -0.2) is 0 Å². The maximum absolute atomic E-state index is 12.8. The normalized spacial score (nSPS) is 26.8. The zero-order valence-corrected chi connectivity index (χ0v) is 16.6. The molecule has 4 amide bonds. The molecule has 30 heavy (non-hydrogen) atoms. The minimum Gasteiger partial charge on any atom is -0.336 e. The first kappa shape index (κ1) is 19.2. The molecule has 0 aromatic heterocycles. The Kier molecular flexibility index (Phi) is 4.79. The van der Waals surface area contributed by atoms with Crippen LogP contribution in [0.4, 0.5) is 0 Å². The summed E-state index contributed by atoms with van der Waals surface area (Å²) in [7, 11) is 0. The molecule has 0 aliphatic carbocycles. The molecule has 0 saturated carbocycles. The molecule has 2 unspecified atom stereocenters. The van der Waals surface area contributed by atoms with Gasteiger partial charge in [-0.2, -0.15) is 0 Å². The first-order valence-corrected chi connectivity index (χ1v) is 10.5. The number of piperidine rings is 1. The van der Waals surface area contributed by atoms with Crippen molar-refractivity contribution in [3.8, 4) is 0 Å². The van der Waals surface area contributed by atoms with Gasteiger partial charge in [0.2, 0.25) is 17.7 Å². The SMILES string of the molecule is O=C1CCC(N2Cc3cc(CNC4CCN(C5CNC5)C4=O)ccc3C2=O)C(=O)N1. The van der Waals surface area contributed by atoms with Crippen LogP contribution in [0.2, 0.25) is 0 Å². The van der Waals surface area contributed by atoms with Crippen molar-refractivity contribution in [3.05, 3.63) is 34.9 Å². The fraction of sp³-hybridized carbons (Fsp3) is 0.524. The van der Waals surface area contributed by atoms with Crippen LogP contribution in [-0.2, 0) is 27.5 Å². The number of benzene rings is 1. The summed E-state index contributed by atoms with van der Waals surface area (Å²) in [5.74, 6) is -0.695. The maximum atomic E-state index is 12.8. The second kappa shape index (κ2) is 7.48. The lowest BCUT2D eigenvalue weighted by atomic mass is 10.0. The number of hydrogen-bond donors (Lipinski definition) is 3. The quantitative estimate of drug-likeness (QED) is 0.542. The Bertz CT molecular complexity index is 928. The van der Waals surface area contributed by atoms with Crippen molar-refractivity contribution in [3.63, 3.8) is 0 Å². The second-order valence-electron chi connectivity index (χ2n) is 8.46. The molecule has 1 aromatic carbocycles. The van der Waals surface area contributed by atoms with Crippen LogP contribution in [0.1, 0.15) is 40.7 Å². The van der Waals surface area contributed by atoms with Crippen LogP contribution >= 0.6 is 0 Å². The molecule has 3 saturated heterocycles. The van der Waals surface area contributed by atoms with E-state index < -0.39 is 11.9 Å². The van der Waals surface area contributed by atoms with Gasteiger partial charge in [0.15, 0.2) is 0 Å². The standard InChI is InChI=1S/C21H25N5O4/c27-18-4-3-17(19(28)24-18)26-11-13-7-12(1-2-15(13)20(26)29)8-23-16-5-6-25(21(16)30)14-9-22-10-14/h1-2,7,14,16-17,22-23H,3-6,8-11H2,(H,24,27,28). The third-order valence-electron chi connectivity index (χ3n) is 6.58. The van der Waals surface area contributed by atoms with Gasteiger partial charge in [-0.05, 0) is 30.0 Å². The van der Waals surface area contributed by atoms with Gasteiger partial charge in [0.05, 0.1) is 12.1 Å². The van der Waals surface area contributed by atoms with Crippen LogP contribution in [0, 0.1) is 0 Å². The second-order valence-corrected chi connectivity index (χ2v) is 8.46. The Balaban J connectivity index is 1.22. The first-order chi connectivity index (χ1) is 14.5. The number of fused-ring (bicyclic) bond motifs is 1. The zero-order chi connectivity index (χ0) is 20.8. The van der Waals surface area contributed by atoms with Gasteiger partial charge in [0, 0.05) is 44.7 Å². The molecule has 5 rings (SSSR count). The van der Waals surface area contributed by atoms with Crippen LogP contribution in [0.25, 0.3) is 0 Å². The minimum absolute atomic E-state index is 0.166. The maximum Gasteiger partial charge on any atom is 0.255 e. The number of likely N-dealkylation sites (tertiary alicyclic amines) is 1. The fourth-order valence-electron chi connectivity index (χ4n) is 4.73. The molecule has 9 nitrogen and oxygen atoms in total. The van der Waals surface area contributed by atoms with Crippen LogP contribution in [0.5, 0.6) is 0 Å². The van der Waals surface area contributed by atoms with Gasteiger partial charge in [0.25, 0.3) is 5.91 Å². The van der Waals surface area contributed by atoms with E-state index in [9.17, 15) is 19.2 Å². The van der Waals surface area contributed by atoms with Crippen molar-refractivity contribution in [2.75, 3.05) is 19.6 Å². The van der Waals surface area contributed by atoms with Crippen molar-refractivity contribution >= 4 is 23.6 Å². The molecule has 0 bridgehead atoms. The molecule has 3 N–H and O–H groups in total. The Morgan fingerprint density at radius 2 is 1.90 bits per heavy atom. The molecule has 0 spiro atoms. The van der Waals surface area contributed by atoms with Crippen molar-refractivity contribution in [2.45, 2.75) is 50.5 Å². The Hall–Kier alpha value is -2.78. The molecule has 2 atom stereocenters. The van der Waals surface area contributed by atoms with E-state index in [0.717, 1.165) is 37.2 Å². The lowest BCUT2D eigenvalue weighted by molar-refractivity contribution is -0.137. The highest BCUT2D eigenvalue weighted by atomic mass is 16.2. The van der Waals surface area contributed by atoms with E-state index in [2.05, 4.69) is 16.0 Å². The molecular weight excluding hydrogens is 386 g/mol. The van der Waals surface area contributed by atoms with Crippen LogP contribution in [-0.4, -0.2) is 71.2 Å². The van der Waals surface area contributed by atoms with Gasteiger partial charge in [-0.1, -0.05) is 12.1 Å². The molecule has 158 valence electrons. The van der Waals surface area contributed by atoms with Crippen LogP contribution in [0.3, 0.4) is 0 Å². The van der Waals surface area contributed by atoms with Crippen LogP contribution < -0.4 is 16.0 Å².